The van der Waals surface area contributed by atoms with E-state index in [9.17, 15) is 18.0 Å². The first kappa shape index (κ1) is 27.6. The molecule has 8 heteroatoms. The zero-order valence-electron chi connectivity index (χ0n) is 23.2. The number of piperidine rings is 1. The highest BCUT2D eigenvalue weighted by Gasteiger charge is 2.55. The maximum atomic E-state index is 14.7. The second kappa shape index (κ2) is 11.4. The van der Waals surface area contributed by atoms with Crippen LogP contribution in [0.5, 0.6) is 5.75 Å². The molecule has 1 spiro atoms. The normalized spacial score (nSPS) is 29.7. The minimum Gasteiger partial charge on any atom is -0.405 e. The number of nitrogens with zero attached hydrogens (tertiary/aromatic N) is 1. The van der Waals surface area contributed by atoms with Gasteiger partial charge in [0.05, 0.1) is 30.6 Å². The third kappa shape index (κ3) is 5.37. The monoisotopic (exact) mass is 557 g/mol. The predicted octanol–water partition coefficient (Wildman–Crippen LogP) is 3.84. The summed E-state index contributed by atoms with van der Waals surface area (Å²) in [5.74, 6) is 0.817. The number of carbonyl (C=O) groups is 1. The van der Waals surface area contributed by atoms with Gasteiger partial charge in [0, 0.05) is 19.0 Å². The van der Waals surface area contributed by atoms with E-state index in [1.165, 1.54) is 43.7 Å². The molecule has 1 aliphatic carbocycles. The van der Waals surface area contributed by atoms with E-state index in [1.54, 1.807) is 6.07 Å². The fourth-order valence-corrected chi connectivity index (χ4v) is 8.46. The van der Waals surface area contributed by atoms with E-state index in [0.717, 1.165) is 37.9 Å². The highest BCUT2D eigenvalue weighted by atomic mass is 19.4. The largest absolute Gasteiger partial charge is 0.573 e. The Hall–Kier alpha value is -2.58. The molecule has 1 saturated carbocycles. The third-order valence-corrected chi connectivity index (χ3v) is 10.3. The van der Waals surface area contributed by atoms with E-state index < -0.39 is 11.8 Å². The molecule has 2 aromatic rings. The molecule has 5 nitrogen and oxygen atoms in total. The lowest BCUT2D eigenvalue weighted by atomic mass is 9.67. The van der Waals surface area contributed by atoms with Gasteiger partial charge in [0.1, 0.15) is 18.2 Å². The van der Waals surface area contributed by atoms with Crippen LogP contribution in [-0.2, 0) is 16.8 Å². The van der Waals surface area contributed by atoms with Crippen LogP contribution in [0.3, 0.4) is 0 Å². The molecule has 3 fully saturated rings. The number of rotatable bonds is 4. The van der Waals surface area contributed by atoms with Crippen molar-refractivity contribution in [1.29, 1.82) is 0 Å². The lowest BCUT2D eigenvalue weighted by Crippen LogP contribution is -2.83. The van der Waals surface area contributed by atoms with Crippen molar-refractivity contribution in [1.82, 2.24) is 4.90 Å². The molecule has 1 amide bonds. The van der Waals surface area contributed by atoms with Crippen LogP contribution in [0.2, 0.25) is 0 Å². The van der Waals surface area contributed by atoms with Crippen LogP contribution in [0, 0.1) is 11.8 Å². The Bertz CT molecular complexity index is 1180. The molecule has 2 aromatic carbocycles. The molecule has 2 saturated heterocycles. The van der Waals surface area contributed by atoms with Gasteiger partial charge in [-0.15, -0.1) is 13.2 Å². The van der Waals surface area contributed by atoms with Gasteiger partial charge in [0.25, 0.3) is 0 Å². The van der Waals surface area contributed by atoms with Crippen LogP contribution in [0.15, 0.2) is 48.5 Å². The maximum Gasteiger partial charge on any atom is 0.573 e. The number of benzene rings is 2. The first-order valence-electron chi connectivity index (χ1n) is 15.2. The molecule has 6 rings (SSSR count). The number of hydrogen-bond acceptors (Lipinski definition) is 2. The van der Waals surface area contributed by atoms with Crippen LogP contribution in [0.4, 0.5) is 13.2 Å². The number of hydrogen-bond donors (Lipinski definition) is 2. The van der Waals surface area contributed by atoms with Crippen molar-refractivity contribution in [2.75, 3.05) is 26.2 Å². The highest BCUT2D eigenvalue weighted by Crippen LogP contribution is 2.45. The summed E-state index contributed by atoms with van der Waals surface area (Å²) in [5.41, 5.74) is 2.35. The van der Waals surface area contributed by atoms with Crippen molar-refractivity contribution in [3.63, 3.8) is 0 Å². The van der Waals surface area contributed by atoms with Crippen molar-refractivity contribution in [2.45, 2.75) is 81.6 Å². The second-order valence-electron chi connectivity index (χ2n) is 12.4. The summed E-state index contributed by atoms with van der Waals surface area (Å²) in [6, 6.07) is 16.0. The summed E-state index contributed by atoms with van der Waals surface area (Å²) in [5, 5.41) is 4.27. The standard InChI is InChI=1S/C32H40F3N3O2/c33-32(34,35)40-29-13-7-12-26-25(29)19-36-16-15-31(26)21-37-20-27(31)30(39)38-17-14-24(22-8-3-1-4-9-22)18-28(38)23-10-5-2-6-11-23/h1,3-4,7-9,12-13,23-24,27-28,36-37H,2,5-6,10-11,14-21H2/p+2/t24-,27?,28+,31+/m1/s1. The van der Waals surface area contributed by atoms with E-state index in [4.69, 9.17) is 0 Å². The van der Waals surface area contributed by atoms with Gasteiger partial charge in [0.2, 0.25) is 5.91 Å². The summed E-state index contributed by atoms with van der Waals surface area (Å²) in [6.45, 7) is 3.35. The summed E-state index contributed by atoms with van der Waals surface area (Å²) in [6.07, 6.45) is 4.06. The van der Waals surface area contributed by atoms with Crippen molar-refractivity contribution in [3.05, 3.63) is 65.2 Å². The van der Waals surface area contributed by atoms with Crippen LogP contribution in [-0.4, -0.2) is 49.4 Å². The zero-order valence-corrected chi connectivity index (χ0v) is 23.2. The topological polar surface area (TPSA) is 62.8 Å². The fourth-order valence-electron chi connectivity index (χ4n) is 8.46. The summed E-state index contributed by atoms with van der Waals surface area (Å²) < 4.78 is 44.4. The Morgan fingerprint density at radius 2 is 1.77 bits per heavy atom. The van der Waals surface area contributed by atoms with Gasteiger partial charge < -0.3 is 20.3 Å². The molecule has 3 heterocycles. The van der Waals surface area contributed by atoms with Gasteiger partial charge in [-0.05, 0) is 54.7 Å². The smallest absolute Gasteiger partial charge is 0.405 e. The molecule has 3 aliphatic heterocycles. The van der Waals surface area contributed by atoms with Gasteiger partial charge >= 0.3 is 6.36 Å². The van der Waals surface area contributed by atoms with Gasteiger partial charge in [-0.2, -0.15) is 0 Å². The molecular weight excluding hydrogens is 515 g/mol. The Labute approximate surface area is 234 Å². The Balaban J connectivity index is 1.32. The first-order valence-corrected chi connectivity index (χ1v) is 15.2. The van der Waals surface area contributed by atoms with Crippen molar-refractivity contribution < 1.29 is 33.3 Å². The molecule has 0 bridgehead atoms. The number of carbonyl (C=O) groups excluding carboxylic acids is 1. The summed E-state index contributed by atoms with van der Waals surface area (Å²) in [7, 11) is 0. The van der Waals surface area contributed by atoms with Crippen LogP contribution in [0.25, 0.3) is 0 Å². The Kier molecular flexibility index (Phi) is 7.83. The number of nitrogens with two attached hydrogens (primary N) is 2. The number of likely N-dealkylation sites (tertiary alicyclic amines) is 1. The summed E-state index contributed by atoms with van der Waals surface area (Å²) >= 11 is 0. The zero-order chi connectivity index (χ0) is 27.7. The van der Waals surface area contributed by atoms with E-state index in [0.29, 0.717) is 37.0 Å². The number of quaternary nitrogens is 2. The van der Waals surface area contributed by atoms with Gasteiger partial charge in [-0.3, -0.25) is 4.79 Å². The number of amides is 1. The minimum absolute atomic E-state index is 0.121. The quantitative estimate of drug-likeness (QED) is 0.600. The van der Waals surface area contributed by atoms with Crippen molar-refractivity contribution >= 4 is 5.91 Å². The average molecular weight is 558 g/mol. The van der Waals surface area contributed by atoms with Crippen LogP contribution < -0.4 is 15.4 Å². The van der Waals surface area contributed by atoms with Crippen LogP contribution >= 0.6 is 0 Å². The Morgan fingerprint density at radius 3 is 2.55 bits per heavy atom. The molecule has 216 valence electrons. The highest BCUT2D eigenvalue weighted by molar-refractivity contribution is 5.82. The Morgan fingerprint density at radius 1 is 0.975 bits per heavy atom. The second-order valence-corrected chi connectivity index (χ2v) is 12.4. The van der Waals surface area contributed by atoms with Crippen molar-refractivity contribution in [2.24, 2.45) is 11.8 Å². The molecule has 0 aromatic heterocycles. The van der Waals surface area contributed by atoms with Gasteiger partial charge in [0.15, 0.2) is 0 Å². The molecule has 4 atom stereocenters. The first-order chi connectivity index (χ1) is 19.4. The lowest BCUT2D eigenvalue weighted by molar-refractivity contribution is -0.671. The number of halogens is 3. The SMILES string of the molecule is O=C(C1C[NH2+]C[C@]12CC[NH2+]Cc1c(OC(F)(F)F)cccc12)N1CC[C@@H](c2ccccc2)C[C@H]1C1CCCCC1. The fraction of sp³-hybridized carbons (Fsp3) is 0.594. The van der Waals surface area contributed by atoms with Crippen LogP contribution in [0.1, 0.15) is 74.0 Å². The van der Waals surface area contributed by atoms with Gasteiger partial charge in [-0.25, -0.2) is 0 Å². The van der Waals surface area contributed by atoms with E-state index in [2.05, 4.69) is 50.6 Å². The predicted molar refractivity (Wildman–Crippen MR) is 146 cm³/mol. The third-order valence-electron chi connectivity index (χ3n) is 10.3. The maximum absolute atomic E-state index is 14.7. The summed E-state index contributed by atoms with van der Waals surface area (Å²) in [4.78, 5) is 16.9. The molecule has 4 aliphatic rings. The molecule has 4 N–H and O–H groups in total. The lowest BCUT2D eigenvalue weighted by Gasteiger charge is -2.46. The average Bonchev–Trinajstić information content (AvgIpc) is 3.30. The molecule has 1 unspecified atom stereocenters. The number of ether oxygens (including phenoxy) is 1. The number of alkyl halides is 3. The van der Waals surface area contributed by atoms with E-state index in [-0.39, 0.29) is 23.6 Å². The molecule has 40 heavy (non-hydrogen) atoms. The molecular formula is C32H42F3N3O2+2. The van der Waals surface area contributed by atoms with E-state index in [1.807, 2.05) is 6.07 Å². The van der Waals surface area contributed by atoms with E-state index >= 15 is 0 Å². The van der Waals surface area contributed by atoms with Crippen molar-refractivity contribution in [3.8, 4) is 5.75 Å². The van der Waals surface area contributed by atoms with Gasteiger partial charge in [-0.1, -0.05) is 61.7 Å². The minimum atomic E-state index is -4.75. The number of fused-ring (bicyclic) bond motifs is 2. The molecule has 0 radical (unpaired) electrons.